The Kier molecular flexibility index (Phi) is 5.35. The second-order valence-electron chi connectivity index (χ2n) is 4.98. The maximum Gasteiger partial charge on any atom is 0.327 e. The van der Waals surface area contributed by atoms with Gasteiger partial charge in [0.1, 0.15) is 10.5 Å². The number of anilines is 1. The number of unbranched alkanes of at least 4 members (excludes halogenated alkanes) is 1. The van der Waals surface area contributed by atoms with Crippen molar-refractivity contribution in [2.75, 3.05) is 24.5 Å². The molecule has 2 heterocycles. The number of hydrogen-bond donors (Lipinski definition) is 2. The fourth-order valence-corrected chi connectivity index (χ4v) is 2.87. The van der Waals surface area contributed by atoms with Crippen molar-refractivity contribution in [1.82, 2.24) is 15.1 Å². The molecule has 0 radical (unpaired) electrons. The molecule has 1 aromatic heterocycles. The van der Waals surface area contributed by atoms with Crippen LogP contribution in [-0.2, 0) is 11.3 Å². The van der Waals surface area contributed by atoms with Crippen LogP contribution in [-0.4, -0.2) is 46.5 Å². The van der Waals surface area contributed by atoms with Gasteiger partial charge in [0.05, 0.1) is 11.9 Å². The number of rotatable bonds is 5. The lowest BCUT2D eigenvalue weighted by Crippen LogP contribution is -2.55. The van der Waals surface area contributed by atoms with Crippen LogP contribution in [0.4, 0.5) is 5.69 Å². The van der Waals surface area contributed by atoms with Gasteiger partial charge in [-0.25, -0.2) is 9.48 Å². The summed E-state index contributed by atoms with van der Waals surface area (Å²) < 4.78 is 1.79. The number of carbonyl (C=O) groups is 1. The molecule has 2 rings (SSSR count). The zero-order chi connectivity index (χ0) is 15.4. The number of aliphatic carboxylic acids is 1. The van der Waals surface area contributed by atoms with Gasteiger partial charge in [0, 0.05) is 26.2 Å². The molecule has 0 bridgehead atoms. The third-order valence-corrected chi connectivity index (χ3v) is 4.27. The Labute approximate surface area is 131 Å². The Morgan fingerprint density at radius 3 is 3.05 bits per heavy atom. The van der Waals surface area contributed by atoms with E-state index in [-0.39, 0.29) is 5.56 Å². The molecule has 0 aliphatic carbocycles. The topological polar surface area (TPSA) is 87.5 Å². The maximum absolute atomic E-state index is 12.3. The Morgan fingerprint density at radius 2 is 2.38 bits per heavy atom. The lowest BCUT2D eigenvalue weighted by molar-refractivity contribution is -0.138. The minimum absolute atomic E-state index is 0.219. The van der Waals surface area contributed by atoms with Gasteiger partial charge < -0.3 is 15.3 Å². The summed E-state index contributed by atoms with van der Waals surface area (Å²) in [6, 6.07) is -0.692. The van der Waals surface area contributed by atoms with Gasteiger partial charge in [0.2, 0.25) is 0 Å². The van der Waals surface area contributed by atoms with Gasteiger partial charge >= 0.3 is 5.97 Å². The van der Waals surface area contributed by atoms with E-state index in [0.29, 0.717) is 36.3 Å². The highest BCUT2D eigenvalue weighted by Gasteiger charge is 2.30. The van der Waals surface area contributed by atoms with Gasteiger partial charge in [-0.05, 0) is 22.4 Å². The summed E-state index contributed by atoms with van der Waals surface area (Å²) in [5, 5.41) is 16.5. The SMILES string of the molecule is CCCCn1ncc(N2CCNCC2C(=O)O)c(Br)c1=O. The first kappa shape index (κ1) is 16.0. The zero-order valence-electron chi connectivity index (χ0n) is 11.9. The molecule has 0 spiro atoms. The normalized spacial score (nSPS) is 18.8. The predicted molar refractivity (Wildman–Crippen MR) is 82.7 cm³/mol. The highest BCUT2D eigenvalue weighted by Crippen LogP contribution is 2.24. The van der Waals surface area contributed by atoms with Crippen LogP contribution >= 0.6 is 15.9 Å². The lowest BCUT2D eigenvalue weighted by atomic mass is 10.2. The van der Waals surface area contributed by atoms with Crippen LogP contribution in [0, 0.1) is 0 Å². The van der Waals surface area contributed by atoms with Gasteiger partial charge in [-0.3, -0.25) is 4.79 Å². The molecule has 7 nitrogen and oxygen atoms in total. The number of hydrogen-bond acceptors (Lipinski definition) is 5. The van der Waals surface area contributed by atoms with Crippen molar-refractivity contribution in [3.05, 3.63) is 21.0 Å². The van der Waals surface area contributed by atoms with Crippen LogP contribution in [0.25, 0.3) is 0 Å². The van der Waals surface area contributed by atoms with E-state index < -0.39 is 12.0 Å². The van der Waals surface area contributed by atoms with E-state index in [9.17, 15) is 14.7 Å². The molecule has 1 aromatic rings. The summed E-state index contributed by atoms with van der Waals surface area (Å²) in [5.74, 6) is -0.913. The molecule has 0 amide bonds. The lowest BCUT2D eigenvalue weighted by Gasteiger charge is -2.35. The van der Waals surface area contributed by atoms with Crippen molar-refractivity contribution in [3.8, 4) is 0 Å². The molecular formula is C13H19BrN4O3. The van der Waals surface area contributed by atoms with Crippen molar-refractivity contribution < 1.29 is 9.90 Å². The van der Waals surface area contributed by atoms with Gasteiger partial charge in [0.15, 0.2) is 0 Å². The molecular weight excluding hydrogens is 340 g/mol. The highest BCUT2D eigenvalue weighted by atomic mass is 79.9. The van der Waals surface area contributed by atoms with E-state index in [1.54, 1.807) is 11.1 Å². The largest absolute Gasteiger partial charge is 0.480 e. The first-order valence-corrected chi connectivity index (χ1v) is 7.81. The molecule has 1 saturated heterocycles. The molecule has 116 valence electrons. The minimum atomic E-state index is -0.913. The fourth-order valence-electron chi connectivity index (χ4n) is 2.34. The first-order valence-electron chi connectivity index (χ1n) is 7.02. The van der Waals surface area contributed by atoms with Crippen molar-refractivity contribution in [1.29, 1.82) is 0 Å². The van der Waals surface area contributed by atoms with Gasteiger partial charge in [-0.2, -0.15) is 5.10 Å². The molecule has 1 atom stereocenters. The molecule has 1 aliphatic heterocycles. The Hall–Kier alpha value is -1.41. The van der Waals surface area contributed by atoms with Gasteiger partial charge in [0.25, 0.3) is 5.56 Å². The third kappa shape index (κ3) is 3.44. The summed E-state index contributed by atoms with van der Waals surface area (Å²) in [6.07, 6.45) is 3.43. The van der Waals surface area contributed by atoms with Crippen LogP contribution < -0.4 is 15.8 Å². The molecule has 2 N–H and O–H groups in total. The number of nitrogens with one attached hydrogen (secondary N) is 1. The minimum Gasteiger partial charge on any atom is -0.480 e. The molecule has 8 heteroatoms. The molecule has 1 fully saturated rings. The summed E-state index contributed by atoms with van der Waals surface area (Å²) in [4.78, 5) is 25.3. The van der Waals surface area contributed by atoms with E-state index in [2.05, 4.69) is 26.3 Å². The highest BCUT2D eigenvalue weighted by molar-refractivity contribution is 9.10. The second-order valence-corrected chi connectivity index (χ2v) is 5.77. The smallest absolute Gasteiger partial charge is 0.327 e. The van der Waals surface area contributed by atoms with Crippen LogP contribution in [0.3, 0.4) is 0 Å². The van der Waals surface area contributed by atoms with Gasteiger partial charge in [-0.1, -0.05) is 13.3 Å². The molecule has 0 saturated carbocycles. The number of nitrogens with zero attached hydrogens (tertiary/aromatic N) is 3. The second kappa shape index (κ2) is 7.04. The van der Waals surface area contributed by atoms with E-state index in [1.165, 1.54) is 4.68 Å². The predicted octanol–water partition coefficient (Wildman–Crippen LogP) is 0.669. The summed E-state index contributed by atoms with van der Waals surface area (Å²) in [5.41, 5.74) is 0.324. The monoisotopic (exact) mass is 358 g/mol. The van der Waals surface area contributed by atoms with Crippen molar-refractivity contribution >= 4 is 27.6 Å². The summed E-state index contributed by atoms with van der Waals surface area (Å²) in [6.45, 7) is 4.16. The number of carboxylic acids is 1. The number of aromatic nitrogens is 2. The molecule has 0 aromatic carbocycles. The van der Waals surface area contributed by atoms with Crippen molar-refractivity contribution in [2.24, 2.45) is 0 Å². The Bertz CT molecular complexity index is 575. The van der Waals surface area contributed by atoms with Crippen LogP contribution in [0.2, 0.25) is 0 Å². The van der Waals surface area contributed by atoms with Crippen molar-refractivity contribution in [3.63, 3.8) is 0 Å². The average Bonchev–Trinajstić information content (AvgIpc) is 2.49. The fraction of sp³-hybridized carbons (Fsp3) is 0.615. The third-order valence-electron chi connectivity index (χ3n) is 3.53. The number of carboxylic acid groups (broad SMARTS) is 1. The molecule has 1 unspecified atom stereocenters. The van der Waals surface area contributed by atoms with Crippen LogP contribution in [0.1, 0.15) is 19.8 Å². The Balaban J connectivity index is 2.33. The van der Waals surface area contributed by atoms with Crippen LogP contribution in [0.15, 0.2) is 15.5 Å². The number of piperazine rings is 1. The summed E-state index contributed by atoms with van der Waals surface area (Å²) >= 11 is 3.31. The number of halogens is 1. The van der Waals surface area contributed by atoms with Crippen LogP contribution in [0.5, 0.6) is 0 Å². The zero-order valence-corrected chi connectivity index (χ0v) is 13.5. The van der Waals surface area contributed by atoms with E-state index in [4.69, 9.17) is 0 Å². The van der Waals surface area contributed by atoms with E-state index in [1.807, 2.05) is 6.92 Å². The number of aryl methyl sites for hydroxylation is 1. The van der Waals surface area contributed by atoms with Gasteiger partial charge in [-0.15, -0.1) is 0 Å². The summed E-state index contributed by atoms with van der Waals surface area (Å²) in [7, 11) is 0. The van der Waals surface area contributed by atoms with Crippen molar-refractivity contribution in [2.45, 2.75) is 32.4 Å². The maximum atomic E-state index is 12.3. The van der Waals surface area contributed by atoms with E-state index in [0.717, 1.165) is 12.8 Å². The molecule has 21 heavy (non-hydrogen) atoms. The first-order chi connectivity index (χ1) is 10.1. The Morgan fingerprint density at radius 1 is 1.62 bits per heavy atom. The molecule has 1 aliphatic rings. The average molecular weight is 359 g/mol. The quantitative estimate of drug-likeness (QED) is 0.804. The van der Waals surface area contributed by atoms with E-state index >= 15 is 0 Å². The standard InChI is InChI=1S/C13H19BrN4O3/c1-2-3-5-18-12(19)11(14)9(8-16-18)17-6-4-15-7-10(17)13(20)21/h8,10,15H,2-7H2,1H3,(H,20,21).